The van der Waals surface area contributed by atoms with Crippen molar-refractivity contribution in [3.8, 4) is 0 Å². The predicted octanol–water partition coefficient (Wildman–Crippen LogP) is 3.15. The maximum Gasteiger partial charge on any atom is 0.0587 e. The van der Waals surface area contributed by atoms with Gasteiger partial charge in [-0.2, -0.15) is 0 Å². The summed E-state index contributed by atoms with van der Waals surface area (Å²) < 4.78 is 0. The Balaban J connectivity index is 2.56. The van der Waals surface area contributed by atoms with Crippen LogP contribution in [-0.2, 0) is 12.0 Å². The summed E-state index contributed by atoms with van der Waals surface area (Å²) in [5.74, 6) is 0.460. The van der Waals surface area contributed by atoms with Crippen LogP contribution >= 0.6 is 11.3 Å². The molecule has 1 heterocycles. The van der Waals surface area contributed by atoms with Gasteiger partial charge in [-0.15, -0.1) is 11.3 Å². The van der Waals surface area contributed by atoms with E-state index in [-0.39, 0.29) is 18.1 Å². The minimum atomic E-state index is 0.190. The summed E-state index contributed by atoms with van der Waals surface area (Å²) in [4.78, 5) is 2.76. The zero-order valence-corrected chi connectivity index (χ0v) is 12.4. The minimum Gasteiger partial charge on any atom is -0.395 e. The van der Waals surface area contributed by atoms with Gasteiger partial charge in [0.2, 0.25) is 0 Å². The monoisotopic (exact) mass is 255 g/mol. The molecular weight excluding hydrogens is 230 g/mol. The van der Waals surface area contributed by atoms with Crippen LogP contribution in [0, 0.1) is 5.92 Å². The van der Waals surface area contributed by atoms with E-state index >= 15 is 0 Å². The summed E-state index contributed by atoms with van der Waals surface area (Å²) in [7, 11) is 0. The highest BCUT2D eigenvalue weighted by molar-refractivity contribution is 7.12. The number of nitrogens with one attached hydrogen (secondary N) is 1. The van der Waals surface area contributed by atoms with Crippen LogP contribution in [0.3, 0.4) is 0 Å². The van der Waals surface area contributed by atoms with Crippen LogP contribution in [0.1, 0.15) is 44.4 Å². The third-order valence-electron chi connectivity index (χ3n) is 2.94. The third kappa shape index (κ3) is 4.41. The molecule has 0 bridgehead atoms. The second-order valence-corrected chi connectivity index (χ2v) is 7.10. The fourth-order valence-corrected chi connectivity index (χ4v) is 2.64. The van der Waals surface area contributed by atoms with Crippen molar-refractivity contribution in [3.05, 3.63) is 21.9 Å². The number of aliphatic hydroxyl groups is 1. The van der Waals surface area contributed by atoms with Gasteiger partial charge in [0, 0.05) is 22.3 Å². The normalized spacial score (nSPS) is 14.3. The lowest BCUT2D eigenvalue weighted by Gasteiger charge is -2.19. The number of hydrogen-bond donors (Lipinski definition) is 2. The van der Waals surface area contributed by atoms with Crippen LogP contribution in [0.5, 0.6) is 0 Å². The lowest BCUT2D eigenvalue weighted by molar-refractivity contribution is 0.210. The van der Waals surface area contributed by atoms with E-state index in [0.29, 0.717) is 5.92 Å². The standard InChI is InChI=1S/C14H25NOS/c1-10(2)12(9-16)15-8-11-6-7-13(17-11)14(3,4)5/h6-7,10,12,15-16H,8-9H2,1-5H3. The first-order valence-electron chi connectivity index (χ1n) is 6.28. The van der Waals surface area contributed by atoms with Gasteiger partial charge in [0.25, 0.3) is 0 Å². The molecule has 17 heavy (non-hydrogen) atoms. The molecule has 1 aromatic heterocycles. The zero-order valence-electron chi connectivity index (χ0n) is 11.6. The SMILES string of the molecule is CC(C)C(CO)NCc1ccc(C(C)(C)C)s1. The highest BCUT2D eigenvalue weighted by Gasteiger charge is 2.17. The summed E-state index contributed by atoms with van der Waals surface area (Å²) in [6, 6.07) is 4.59. The highest BCUT2D eigenvalue weighted by Crippen LogP contribution is 2.29. The minimum absolute atomic E-state index is 0.190. The number of thiophene rings is 1. The van der Waals surface area contributed by atoms with Crippen molar-refractivity contribution in [2.45, 2.75) is 52.6 Å². The van der Waals surface area contributed by atoms with Gasteiger partial charge in [0.05, 0.1) is 6.61 Å². The first kappa shape index (κ1) is 14.7. The van der Waals surface area contributed by atoms with E-state index in [1.807, 2.05) is 11.3 Å². The molecule has 98 valence electrons. The fourth-order valence-electron chi connectivity index (χ4n) is 1.62. The van der Waals surface area contributed by atoms with E-state index in [2.05, 4.69) is 52.1 Å². The van der Waals surface area contributed by atoms with Crippen molar-refractivity contribution in [1.82, 2.24) is 5.32 Å². The zero-order chi connectivity index (χ0) is 13.1. The quantitative estimate of drug-likeness (QED) is 0.847. The maximum absolute atomic E-state index is 9.25. The second-order valence-electron chi connectivity index (χ2n) is 5.93. The van der Waals surface area contributed by atoms with Crippen LogP contribution in [0.15, 0.2) is 12.1 Å². The summed E-state index contributed by atoms with van der Waals surface area (Å²) in [5, 5.41) is 12.7. The van der Waals surface area contributed by atoms with Gasteiger partial charge in [-0.3, -0.25) is 0 Å². The number of aliphatic hydroxyl groups excluding tert-OH is 1. The van der Waals surface area contributed by atoms with Crippen LogP contribution in [-0.4, -0.2) is 17.8 Å². The Morgan fingerprint density at radius 3 is 2.35 bits per heavy atom. The van der Waals surface area contributed by atoms with Crippen LogP contribution in [0.4, 0.5) is 0 Å². The molecule has 0 saturated heterocycles. The second kappa shape index (κ2) is 5.98. The Kier molecular flexibility index (Phi) is 5.17. The average Bonchev–Trinajstić information content (AvgIpc) is 2.66. The van der Waals surface area contributed by atoms with E-state index in [1.54, 1.807) is 0 Å². The summed E-state index contributed by atoms with van der Waals surface area (Å²) in [6.07, 6.45) is 0. The first-order chi connectivity index (χ1) is 7.84. The van der Waals surface area contributed by atoms with Gasteiger partial charge in [0.1, 0.15) is 0 Å². The van der Waals surface area contributed by atoms with Gasteiger partial charge in [0.15, 0.2) is 0 Å². The molecule has 0 aliphatic rings. The van der Waals surface area contributed by atoms with E-state index in [0.717, 1.165) is 6.54 Å². The highest BCUT2D eigenvalue weighted by atomic mass is 32.1. The maximum atomic E-state index is 9.25. The number of rotatable bonds is 5. The average molecular weight is 255 g/mol. The molecule has 1 atom stereocenters. The molecule has 0 saturated carbocycles. The topological polar surface area (TPSA) is 32.3 Å². The van der Waals surface area contributed by atoms with E-state index in [9.17, 15) is 5.11 Å². The molecule has 0 aliphatic heterocycles. The van der Waals surface area contributed by atoms with Crippen LogP contribution in [0.25, 0.3) is 0 Å². The summed E-state index contributed by atoms with van der Waals surface area (Å²) in [6.45, 7) is 12.0. The molecular formula is C14H25NOS. The molecule has 0 aromatic carbocycles. The molecule has 1 rings (SSSR count). The first-order valence-corrected chi connectivity index (χ1v) is 7.09. The molecule has 0 fully saturated rings. The predicted molar refractivity (Wildman–Crippen MR) is 75.6 cm³/mol. The Morgan fingerprint density at radius 1 is 1.29 bits per heavy atom. The lowest BCUT2D eigenvalue weighted by atomic mass is 9.95. The van der Waals surface area contributed by atoms with Crippen molar-refractivity contribution >= 4 is 11.3 Å². The van der Waals surface area contributed by atoms with Gasteiger partial charge in [-0.05, 0) is 23.5 Å². The summed E-state index contributed by atoms with van der Waals surface area (Å²) in [5.41, 5.74) is 0.233. The molecule has 3 heteroatoms. The molecule has 2 N–H and O–H groups in total. The molecule has 0 radical (unpaired) electrons. The fraction of sp³-hybridized carbons (Fsp3) is 0.714. The smallest absolute Gasteiger partial charge is 0.0587 e. The summed E-state index contributed by atoms with van der Waals surface area (Å²) >= 11 is 1.86. The molecule has 0 spiro atoms. The molecule has 0 aliphatic carbocycles. The van der Waals surface area contributed by atoms with Gasteiger partial charge in [-0.25, -0.2) is 0 Å². The lowest BCUT2D eigenvalue weighted by Crippen LogP contribution is -2.36. The van der Waals surface area contributed by atoms with E-state index < -0.39 is 0 Å². The molecule has 2 nitrogen and oxygen atoms in total. The van der Waals surface area contributed by atoms with Crippen molar-refractivity contribution in [2.24, 2.45) is 5.92 Å². The Morgan fingerprint density at radius 2 is 1.94 bits per heavy atom. The number of hydrogen-bond acceptors (Lipinski definition) is 3. The van der Waals surface area contributed by atoms with Crippen molar-refractivity contribution in [3.63, 3.8) is 0 Å². The Bertz CT molecular complexity index is 338. The van der Waals surface area contributed by atoms with Crippen LogP contribution in [0.2, 0.25) is 0 Å². The van der Waals surface area contributed by atoms with Gasteiger partial charge < -0.3 is 10.4 Å². The molecule has 1 unspecified atom stereocenters. The van der Waals surface area contributed by atoms with Crippen molar-refractivity contribution < 1.29 is 5.11 Å². The Hall–Kier alpha value is -0.380. The third-order valence-corrected chi connectivity index (χ3v) is 4.45. The molecule has 1 aromatic rings. The largest absolute Gasteiger partial charge is 0.395 e. The van der Waals surface area contributed by atoms with Crippen molar-refractivity contribution in [1.29, 1.82) is 0 Å². The van der Waals surface area contributed by atoms with Crippen molar-refractivity contribution in [2.75, 3.05) is 6.61 Å². The van der Waals surface area contributed by atoms with Gasteiger partial charge >= 0.3 is 0 Å². The Labute approximate surface area is 109 Å². The van der Waals surface area contributed by atoms with Crippen LogP contribution < -0.4 is 5.32 Å². The van der Waals surface area contributed by atoms with E-state index in [4.69, 9.17) is 0 Å². The van der Waals surface area contributed by atoms with Gasteiger partial charge in [-0.1, -0.05) is 34.6 Å². The molecule has 0 amide bonds. The van der Waals surface area contributed by atoms with E-state index in [1.165, 1.54) is 9.75 Å².